The second-order valence-electron chi connectivity index (χ2n) is 7.92. The van der Waals surface area contributed by atoms with E-state index in [9.17, 15) is 24.6 Å². The topological polar surface area (TPSA) is 125 Å². The summed E-state index contributed by atoms with van der Waals surface area (Å²) in [7, 11) is 6.09. The number of nitrogens with zero attached hydrogens (tertiary/aromatic N) is 4. The summed E-state index contributed by atoms with van der Waals surface area (Å²) in [6.45, 7) is 2.31. The third kappa shape index (κ3) is 8.82. The largest absolute Gasteiger partial charge is 0.480 e. The van der Waals surface area contributed by atoms with Crippen LogP contribution in [0.4, 0.5) is 0 Å². The lowest BCUT2D eigenvalue weighted by molar-refractivity contribution is -0.144. The zero-order valence-electron chi connectivity index (χ0n) is 18.5. The number of rotatable bonds is 7. The van der Waals surface area contributed by atoms with Gasteiger partial charge in [-0.25, -0.2) is 0 Å². The molecule has 2 radical (unpaired) electrons. The second kappa shape index (κ2) is 12.9. The fourth-order valence-electron chi connectivity index (χ4n) is 3.75. The lowest BCUT2D eigenvalue weighted by Crippen LogP contribution is -2.48. The van der Waals surface area contributed by atoms with Crippen LogP contribution in [-0.4, -0.2) is 118 Å². The smallest absolute Gasteiger partial charge is 0.325 e. The van der Waals surface area contributed by atoms with Crippen LogP contribution in [0.15, 0.2) is 24.3 Å². The monoisotopic (exact) mass is 458 g/mol. The summed E-state index contributed by atoms with van der Waals surface area (Å²) in [5, 5.41) is 28.4. The van der Waals surface area contributed by atoms with Crippen molar-refractivity contribution in [3.8, 4) is 12.3 Å². The predicted octanol–water partition coefficient (Wildman–Crippen LogP) is -0.147. The van der Waals surface area contributed by atoms with Crippen molar-refractivity contribution < 1.29 is 29.7 Å². The molecule has 1 atom stereocenters. The van der Waals surface area contributed by atoms with Gasteiger partial charge in [-0.05, 0) is 17.7 Å². The average molecular weight is 459 g/mol. The zero-order chi connectivity index (χ0) is 24.4. The van der Waals surface area contributed by atoms with Crippen LogP contribution < -0.4 is 0 Å². The lowest BCUT2D eigenvalue weighted by atomic mass is 10.0. The molecule has 0 amide bonds. The molecule has 1 aliphatic heterocycles. The Balaban J connectivity index is 2.25. The van der Waals surface area contributed by atoms with Gasteiger partial charge in [0.25, 0.3) is 0 Å². The molecule has 3 N–H and O–H groups in total. The van der Waals surface area contributed by atoms with Crippen molar-refractivity contribution in [3.63, 3.8) is 0 Å². The minimum absolute atomic E-state index is 0.171. The Kier molecular flexibility index (Phi) is 10.3. The highest BCUT2D eigenvalue weighted by Crippen LogP contribution is 2.22. The summed E-state index contributed by atoms with van der Waals surface area (Å²) in [5.41, 5.74) is 1.21. The Hall–Kier alpha value is -2.97. The van der Waals surface area contributed by atoms with Crippen LogP contribution in [0.2, 0.25) is 0 Å². The van der Waals surface area contributed by atoms with Crippen molar-refractivity contribution in [2.45, 2.75) is 6.04 Å². The first-order chi connectivity index (χ1) is 15.7. The molecule has 1 aromatic carbocycles. The van der Waals surface area contributed by atoms with Gasteiger partial charge in [0.15, 0.2) is 0 Å². The zero-order valence-corrected chi connectivity index (χ0v) is 18.5. The van der Waals surface area contributed by atoms with Crippen molar-refractivity contribution in [2.24, 2.45) is 0 Å². The molecule has 0 saturated carbocycles. The van der Waals surface area contributed by atoms with Crippen LogP contribution in [-0.2, 0) is 14.4 Å². The molecular weight excluding hydrogens is 428 g/mol. The Morgan fingerprint density at radius 3 is 1.76 bits per heavy atom. The average Bonchev–Trinajstić information content (AvgIpc) is 2.75. The summed E-state index contributed by atoms with van der Waals surface area (Å²) < 4.78 is 0. The van der Waals surface area contributed by atoms with E-state index < -0.39 is 23.9 Å². The molecule has 1 unspecified atom stereocenters. The Morgan fingerprint density at radius 1 is 0.818 bits per heavy atom. The Morgan fingerprint density at radius 2 is 1.27 bits per heavy atom. The number of terminal acetylenes is 1. The van der Waals surface area contributed by atoms with Crippen LogP contribution in [0.3, 0.4) is 0 Å². The third-order valence-electron chi connectivity index (χ3n) is 5.52. The fourth-order valence-corrected chi connectivity index (χ4v) is 3.75. The van der Waals surface area contributed by atoms with Gasteiger partial charge >= 0.3 is 17.9 Å². The van der Waals surface area contributed by atoms with Gasteiger partial charge in [0.05, 0.1) is 13.1 Å². The minimum atomic E-state index is -1.03. The summed E-state index contributed by atoms with van der Waals surface area (Å²) in [4.78, 5) is 41.4. The summed E-state index contributed by atoms with van der Waals surface area (Å²) in [6, 6.07) is 5.78. The molecular formula is C23H30N4O6. The molecule has 0 spiro atoms. The Labute approximate surface area is 194 Å². The normalized spacial score (nSPS) is 19.0. The first kappa shape index (κ1) is 26.3. The molecule has 1 fully saturated rings. The van der Waals surface area contributed by atoms with Crippen LogP contribution in [0.25, 0.3) is 0 Å². The van der Waals surface area contributed by atoms with Crippen LogP contribution in [0.5, 0.6) is 0 Å². The number of carbonyl (C=O) groups is 3. The first-order valence-electron chi connectivity index (χ1n) is 10.6. The maximum absolute atomic E-state index is 12.2. The SMILES string of the molecule is [CH]N1CCN(CC(=O)O)CCN(CC(=O)O)CCN(C(C(=O)O)c2ccc(C#C)cc2)CC1. The van der Waals surface area contributed by atoms with Gasteiger partial charge in [-0.1, -0.05) is 18.1 Å². The third-order valence-corrected chi connectivity index (χ3v) is 5.52. The van der Waals surface area contributed by atoms with E-state index in [0.29, 0.717) is 56.9 Å². The van der Waals surface area contributed by atoms with E-state index in [1.165, 1.54) is 0 Å². The first-order valence-corrected chi connectivity index (χ1v) is 10.6. The highest BCUT2D eigenvalue weighted by atomic mass is 16.4. The molecule has 1 saturated heterocycles. The molecule has 33 heavy (non-hydrogen) atoms. The molecule has 2 rings (SSSR count). The van der Waals surface area contributed by atoms with Gasteiger partial charge in [0, 0.05) is 65.0 Å². The number of hydrogen-bond donors (Lipinski definition) is 3. The van der Waals surface area contributed by atoms with E-state index in [2.05, 4.69) is 5.92 Å². The van der Waals surface area contributed by atoms with E-state index in [4.69, 9.17) is 18.6 Å². The van der Waals surface area contributed by atoms with Crippen LogP contribution in [0.1, 0.15) is 17.2 Å². The highest BCUT2D eigenvalue weighted by Gasteiger charge is 2.28. The summed E-state index contributed by atoms with van der Waals surface area (Å²) in [5.74, 6) is -0.504. The van der Waals surface area contributed by atoms with Gasteiger partial charge in [0.2, 0.25) is 0 Å². The molecule has 0 aromatic heterocycles. The van der Waals surface area contributed by atoms with Crippen molar-refractivity contribution in [2.75, 3.05) is 65.4 Å². The second-order valence-corrected chi connectivity index (χ2v) is 7.92. The standard InChI is InChI=1S/C23H30N4O6/c1-3-18-4-6-19(7-5-18)22(23(32)33)27-14-9-24(2)8-10-25(16-20(28)29)11-12-26(13-15-27)17-21(30)31/h1-2,4-7,22H,8-17H2,(H,28,29)(H,30,31)(H,32,33). The number of carboxylic acid groups (broad SMARTS) is 3. The minimum Gasteiger partial charge on any atom is -0.480 e. The molecule has 178 valence electrons. The van der Waals surface area contributed by atoms with E-state index in [1.807, 2.05) is 0 Å². The highest BCUT2D eigenvalue weighted by molar-refractivity contribution is 5.75. The number of aliphatic carboxylic acids is 3. The molecule has 1 aliphatic rings. The molecule has 0 bridgehead atoms. The maximum atomic E-state index is 12.2. The van der Waals surface area contributed by atoms with E-state index in [1.54, 1.807) is 43.9 Å². The van der Waals surface area contributed by atoms with E-state index in [-0.39, 0.29) is 19.6 Å². The van der Waals surface area contributed by atoms with E-state index in [0.717, 1.165) is 0 Å². The van der Waals surface area contributed by atoms with E-state index >= 15 is 0 Å². The summed E-state index contributed by atoms with van der Waals surface area (Å²) in [6.07, 6.45) is 5.40. The van der Waals surface area contributed by atoms with Gasteiger partial charge in [-0.15, -0.1) is 6.42 Å². The molecule has 10 heteroatoms. The maximum Gasteiger partial charge on any atom is 0.325 e. The van der Waals surface area contributed by atoms with Crippen LogP contribution >= 0.6 is 0 Å². The van der Waals surface area contributed by atoms with Crippen molar-refractivity contribution in [1.82, 2.24) is 19.6 Å². The number of hydrogen-bond acceptors (Lipinski definition) is 7. The fraction of sp³-hybridized carbons (Fsp3) is 0.478. The van der Waals surface area contributed by atoms with Crippen molar-refractivity contribution in [1.29, 1.82) is 0 Å². The molecule has 1 aromatic rings. The van der Waals surface area contributed by atoms with Crippen molar-refractivity contribution in [3.05, 3.63) is 42.4 Å². The Bertz CT molecular complexity index is 854. The van der Waals surface area contributed by atoms with Gasteiger partial charge in [-0.2, -0.15) is 0 Å². The molecule has 1 heterocycles. The van der Waals surface area contributed by atoms with Gasteiger partial charge < -0.3 is 15.3 Å². The summed E-state index contributed by atoms with van der Waals surface area (Å²) >= 11 is 0. The van der Waals surface area contributed by atoms with Gasteiger partial charge in [0.1, 0.15) is 6.04 Å². The van der Waals surface area contributed by atoms with Crippen molar-refractivity contribution >= 4 is 17.9 Å². The van der Waals surface area contributed by atoms with Crippen LogP contribution in [0, 0.1) is 19.4 Å². The molecule has 0 aliphatic carbocycles. The predicted molar refractivity (Wildman–Crippen MR) is 120 cm³/mol. The van der Waals surface area contributed by atoms with Gasteiger partial charge in [-0.3, -0.25) is 34.0 Å². The quantitative estimate of drug-likeness (QED) is 0.475. The lowest BCUT2D eigenvalue weighted by Gasteiger charge is -2.34. The number of carboxylic acids is 3. The number of benzene rings is 1. The molecule has 10 nitrogen and oxygen atoms in total.